The predicted molar refractivity (Wildman–Crippen MR) is 87.2 cm³/mol. The Bertz CT molecular complexity index is 826. The number of fused-ring (bicyclic) bond motifs is 1. The number of para-hydroxylation sites is 1. The van der Waals surface area contributed by atoms with Crippen molar-refractivity contribution in [1.82, 2.24) is 4.98 Å². The number of thiocarbonyl (C=S) groups is 1. The number of benzene rings is 2. The minimum absolute atomic E-state index is 0.412. The number of hydrogen-bond acceptors (Lipinski definition) is 4. The molecule has 102 valence electrons. The summed E-state index contributed by atoms with van der Waals surface area (Å²) in [6.07, 6.45) is 0. The van der Waals surface area contributed by atoms with Gasteiger partial charge in [0.25, 0.3) is 0 Å². The molecule has 0 aliphatic rings. The molecule has 0 fully saturated rings. The second-order valence-corrected chi connectivity index (χ2v) is 4.67. The molecule has 0 spiro atoms. The van der Waals surface area contributed by atoms with E-state index in [1.54, 1.807) is 0 Å². The minimum atomic E-state index is 0.412. The molecule has 1 aromatic heterocycles. The van der Waals surface area contributed by atoms with Crippen LogP contribution >= 0.6 is 12.2 Å². The predicted octanol–water partition coefficient (Wildman–Crippen LogP) is 4.55. The molecule has 4 heteroatoms. The number of ether oxygens (including phenoxy) is 1. The number of rotatable bonds is 4. The standard InChI is InChI=1S/C17H12N2OS/c21-12-18-14-5-3-6-16(10-14)20-11-15-9-8-13-4-1-2-7-17(13)19-15/h1-10H,11H2. The molecule has 1 heterocycles. The van der Waals surface area contributed by atoms with Gasteiger partial charge in [-0.05, 0) is 36.5 Å². The monoisotopic (exact) mass is 292 g/mol. The summed E-state index contributed by atoms with van der Waals surface area (Å²) < 4.78 is 5.74. The third-order valence-corrected chi connectivity index (χ3v) is 3.13. The van der Waals surface area contributed by atoms with Gasteiger partial charge in [0.05, 0.1) is 22.1 Å². The van der Waals surface area contributed by atoms with Gasteiger partial charge in [-0.25, -0.2) is 4.98 Å². The summed E-state index contributed by atoms with van der Waals surface area (Å²) >= 11 is 4.60. The lowest BCUT2D eigenvalue weighted by molar-refractivity contribution is 0.302. The van der Waals surface area contributed by atoms with Gasteiger partial charge >= 0.3 is 0 Å². The zero-order chi connectivity index (χ0) is 14.5. The first-order valence-electron chi connectivity index (χ1n) is 6.50. The van der Waals surface area contributed by atoms with E-state index in [0.29, 0.717) is 6.61 Å². The highest BCUT2D eigenvalue weighted by molar-refractivity contribution is 7.78. The van der Waals surface area contributed by atoms with Gasteiger partial charge in [0, 0.05) is 11.5 Å². The number of hydrogen-bond donors (Lipinski definition) is 0. The molecule has 0 unspecified atom stereocenters. The zero-order valence-electron chi connectivity index (χ0n) is 11.2. The topological polar surface area (TPSA) is 34.5 Å². The smallest absolute Gasteiger partial charge is 0.130 e. The first-order chi connectivity index (χ1) is 10.3. The van der Waals surface area contributed by atoms with Crippen LogP contribution in [0, 0.1) is 0 Å². The maximum absolute atomic E-state index is 5.74. The van der Waals surface area contributed by atoms with E-state index in [1.165, 1.54) is 0 Å². The van der Waals surface area contributed by atoms with E-state index in [-0.39, 0.29) is 0 Å². The van der Waals surface area contributed by atoms with Gasteiger partial charge < -0.3 is 4.74 Å². The van der Waals surface area contributed by atoms with Crippen LogP contribution in [0.15, 0.2) is 65.7 Å². The van der Waals surface area contributed by atoms with E-state index in [1.807, 2.05) is 60.7 Å². The van der Waals surface area contributed by atoms with Crippen molar-refractivity contribution in [3.8, 4) is 5.75 Å². The molecule has 3 rings (SSSR count). The Morgan fingerprint density at radius 3 is 2.86 bits per heavy atom. The lowest BCUT2D eigenvalue weighted by Crippen LogP contribution is -1.98. The summed E-state index contributed by atoms with van der Waals surface area (Å²) in [5.41, 5.74) is 2.59. The average molecular weight is 292 g/mol. The van der Waals surface area contributed by atoms with Crippen LogP contribution in [0.1, 0.15) is 5.69 Å². The highest BCUT2D eigenvalue weighted by atomic mass is 32.1. The quantitative estimate of drug-likeness (QED) is 0.522. The van der Waals surface area contributed by atoms with Crippen molar-refractivity contribution in [2.45, 2.75) is 6.61 Å². The Morgan fingerprint density at radius 2 is 1.95 bits per heavy atom. The van der Waals surface area contributed by atoms with Gasteiger partial charge in [-0.3, -0.25) is 0 Å². The Hall–Kier alpha value is -2.55. The second-order valence-electron chi connectivity index (χ2n) is 4.48. The summed E-state index contributed by atoms with van der Waals surface area (Å²) in [5, 5.41) is 3.47. The van der Waals surface area contributed by atoms with Gasteiger partial charge in [0.15, 0.2) is 0 Å². The molecule has 0 radical (unpaired) electrons. The maximum atomic E-state index is 5.74. The van der Waals surface area contributed by atoms with Crippen LogP contribution < -0.4 is 4.74 Å². The van der Waals surface area contributed by atoms with Gasteiger partial charge in [-0.2, -0.15) is 4.99 Å². The van der Waals surface area contributed by atoms with E-state index in [0.717, 1.165) is 28.0 Å². The zero-order valence-corrected chi connectivity index (χ0v) is 12.0. The Morgan fingerprint density at radius 1 is 1.05 bits per heavy atom. The molecule has 0 atom stereocenters. The van der Waals surface area contributed by atoms with E-state index in [2.05, 4.69) is 27.4 Å². The molecule has 0 aliphatic carbocycles. The molecule has 0 saturated carbocycles. The fourth-order valence-electron chi connectivity index (χ4n) is 2.04. The second kappa shape index (κ2) is 6.27. The van der Waals surface area contributed by atoms with Crippen LogP contribution in [0.3, 0.4) is 0 Å². The molecule has 0 amide bonds. The molecular formula is C17H12N2OS. The van der Waals surface area contributed by atoms with E-state index < -0.39 is 0 Å². The maximum Gasteiger partial charge on any atom is 0.130 e. The molecule has 3 aromatic rings. The molecule has 0 N–H and O–H groups in total. The van der Waals surface area contributed by atoms with Gasteiger partial charge in [-0.1, -0.05) is 30.3 Å². The molecule has 2 aromatic carbocycles. The molecular weight excluding hydrogens is 280 g/mol. The normalized spacial score (nSPS) is 10.1. The largest absolute Gasteiger partial charge is 0.487 e. The highest BCUT2D eigenvalue weighted by Crippen LogP contribution is 2.20. The van der Waals surface area contributed by atoms with Gasteiger partial charge in [0.2, 0.25) is 0 Å². The molecule has 0 aliphatic heterocycles. The SMILES string of the molecule is S=C=Nc1cccc(OCc2ccc3ccccc3n2)c1. The third kappa shape index (κ3) is 3.31. The van der Waals surface area contributed by atoms with Crippen molar-refractivity contribution in [1.29, 1.82) is 0 Å². The Kier molecular flexibility index (Phi) is 4.01. The molecule has 0 bridgehead atoms. The summed E-state index contributed by atoms with van der Waals surface area (Å²) in [7, 11) is 0. The number of isothiocyanates is 1. The van der Waals surface area contributed by atoms with Crippen molar-refractivity contribution in [3.63, 3.8) is 0 Å². The van der Waals surface area contributed by atoms with E-state index in [9.17, 15) is 0 Å². The fourth-order valence-corrected chi connectivity index (χ4v) is 2.15. The van der Waals surface area contributed by atoms with Crippen molar-refractivity contribution < 1.29 is 4.74 Å². The van der Waals surface area contributed by atoms with Crippen LogP contribution in [-0.2, 0) is 6.61 Å². The lowest BCUT2D eigenvalue weighted by atomic mass is 10.2. The average Bonchev–Trinajstić information content (AvgIpc) is 2.53. The van der Waals surface area contributed by atoms with Gasteiger partial charge in [-0.15, -0.1) is 0 Å². The highest BCUT2D eigenvalue weighted by Gasteiger charge is 2.00. The first-order valence-corrected chi connectivity index (χ1v) is 6.91. The van der Waals surface area contributed by atoms with Crippen LogP contribution in [0.2, 0.25) is 0 Å². The van der Waals surface area contributed by atoms with Crippen LogP contribution in [0.4, 0.5) is 5.69 Å². The first kappa shape index (κ1) is 13.4. The number of pyridine rings is 1. The van der Waals surface area contributed by atoms with Crippen molar-refractivity contribution in [2.24, 2.45) is 4.99 Å². The third-order valence-electron chi connectivity index (χ3n) is 3.04. The minimum Gasteiger partial charge on any atom is -0.487 e. The van der Waals surface area contributed by atoms with Crippen molar-refractivity contribution >= 4 is 34.0 Å². The molecule has 3 nitrogen and oxygen atoms in total. The number of aromatic nitrogens is 1. The number of nitrogens with zero attached hydrogens (tertiary/aromatic N) is 2. The van der Waals surface area contributed by atoms with Crippen molar-refractivity contribution in [2.75, 3.05) is 0 Å². The Labute approximate surface area is 127 Å². The molecule has 21 heavy (non-hydrogen) atoms. The van der Waals surface area contributed by atoms with Crippen LogP contribution in [-0.4, -0.2) is 10.1 Å². The summed E-state index contributed by atoms with van der Waals surface area (Å²) in [6.45, 7) is 0.412. The number of aliphatic imine (C=N–C) groups is 1. The Balaban J connectivity index is 1.76. The summed E-state index contributed by atoms with van der Waals surface area (Å²) in [6, 6.07) is 19.5. The van der Waals surface area contributed by atoms with Crippen LogP contribution in [0.5, 0.6) is 5.75 Å². The fraction of sp³-hybridized carbons (Fsp3) is 0.0588. The molecule has 0 saturated heterocycles. The van der Waals surface area contributed by atoms with Crippen molar-refractivity contribution in [3.05, 3.63) is 66.4 Å². The van der Waals surface area contributed by atoms with E-state index >= 15 is 0 Å². The summed E-state index contributed by atoms with van der Waals surface area (Å²) in [5.74, 6) is 0.733. The van der Waals surface area contributed by atoms with Crippen LogP contribution in [0.25, 0.3) is 10.9 Å². The van der Waals surface area contributed by atoms with E-state index in [4.69, 9.17) is 4.74 Å². The lowest BCUT2D eigenvalue weighted by Gasteiger charge is -2.07. The summed E-state index contributed by atoms with van der Waals surface area (Å²) in [4.78, 5) is 8.50. The van der Waals surface area contributed by atoms with Gasteiger partial charge in [0.1, 0.15) is 12.4 Å².